The molecule has 1 aromatic heterocycles. The first kappa shape index (κ1) is 16.4. The Bertz CT molecular complexity index is 915. The third-order valence-electron chi connectivity index (χ3n) is 3.28. The summed E-state index contributed by atoms with van der Waals surface area (Å²) in [6, 6.07) is 15.0. The van der Waals surface area contributed by atoms with E-state index in [1.165, 1.54) is 0 Å². The van der Waals surface area contributed by atoms with Crippen LogP contribution in [0.15, 0.2) is 53.6 Å². The summed E-state index contributed by atoms with van der Waals surface area (Å²) >= 11 is 11.2. The highest BCUT2D eigenvalue weighted by atomic mass is 35.5. The molecular weight excluding hydrogens is 344 g/mol. The van der Waals surface area contributed by atoms with Gasteiger partial charge in [0.25, 0.3) is 0 Å². The van der Waals surface area contributed by atoms with Crippen LogP contribution in [0.25, 0.3) is 11.4 Å². The summed E-state index contributed by atoms with van der Waals surface area (Å²) in [5, 5.41) is 12.1. The number of aromatic nitrogens is 3. The number of aromatic amines is 1. The predicted octanol–water partition coefficient (Wildman–Crippen LogP) is 4.54. The molecule has 3 aromatic rings. The van der Waals surface area contributed by atoms with Gasteiger partial charge in [-0.3, -0.25) is 0 Å². The molecule has 0 atom stereocenters. The summed E-state index contributed by atoms with van der Waals surface area (Å²) in [6.45, 7) is 2.53. The molecule has 0 aliphatic rings. The standard InChI is InChI=1S/C17H15ClN4OS/c1-2-23-15-6-4-3-5-13(15)11-19-22-16(20-21-17(22)24)12-7-9-14(18)10-8-12/h3-11H,2H2,1H3,(H,21,24)/b19-11+. The summed E-state index contributed by atoms with van der Waals surface area (Å²) in [7, 11) is 0. The van der Waals surface area contributed by atoms with Gasteiger partial charge >= 0.3 is 0 Å². The van der Waals surface area contributed by atoms with Gasteiger partial charge in [-0.1, -0.05) is 23.7 Å². The smallest absolute Gasteiger partial charge is 0.216 e. The molecule has 122 valence electrons. The molecule has 0 spiro atoms. The van der Waals surface area contributed by atoms with Gasteiger partial charge in [0.05, 0.1) is 12.8 Å². The van der Waals surface area contributed by atoms with Gasteiger partial charge in [-0.15, -0.1) is 0 Å². The van der Waals surface area contributed by atoms with Crippen LogP contribution >= 0.6 is 23.8 Å². The van der Waals surface area contributed by atoms with Crippen LogP contribution in [0, 0.1) is 4.77 Å². The monoisotopic (exact) mass is 358 g/mol. The Morgan fingerprint density at radius 3 is 2.75 bits per heavy atom. The van der Waals surface area contributed by atoms with Crippen LogP contribution in [-0.2, 0) is 0 Å². The molecule has 0 radical (unpaired) electrons. The quantitative estimate of drug-likeness (QED) is 0.538. The maximum atomic E-state index is 5.93. The first-order valence-electron chi connectivity index (χ1n) is 7.38. The van der Waals surface area contributed by atoms with Gasteiger partial charge in [0.15, 0.2) is 5.82 Å². The van der Waals surface area contributed by atoms with Crippen molar-refractivity contribution in [1.29, 1.82) is 0 Å². The number of nitrogens with zero attached hydrogens (tertiary/aromatic N) is 3. The second-order valence-corrected chi connectivity index (χ2v) is 5.71. The van der Waals surface area contributed by atoms with Crippen molar-refractivity contribution in [2.45, 2.75) is 6.92 Å². The number of nitrogens with one attached hydrogen (secondary N) is 1. The number of ether oxygens (including phenoxy) is 1. The Morgan fingerprint density at radius 1 is 1.25 bits per heavy atom. The van der Waals surface area contributed by atoms with Gasteiger partial charge in [-0.2, -0.15) is 14.9 Å². The highest BCUT2D eigenvalue weighted by Crippen LogP contribution is 2.20. The third kappa shape index (κ3) is 3.55. The van der Waals surface area contributed by atoms with Crippen molar-refractivity contribution in [1.82, 2.24) is 14.9 Å². The molecule has 0 unspecified atom stereocenters. The summed E-state index contributed by atoms with van der Waals surface area (Å²) in [4.78, 5) is 0. The summed E-state index contributed by atoms with van der Waals surface area (Å²) in [6.07, 6.45) is 1.70. The zero-order valence-corrected chi connectivity index (χ0v) is 14.5. The van der Waals surface area contributed by atoms with Gasteiger partial charge < -0.3 is 4.74 Å². The molecule has 0 saturated carbocycles. The molecular formula is C17H15ClN4OS. The van der Waals surface area contributed by atoms with Gasteiger partial charge in [0, 0.05) is 16.1 Å². The molecule has 0 amide bonds. The van der Waals surface area contributed by atoms with E-state index < -0.39 is 0 Å². The van der Waals surface area contributed by atoms with Gasteiger partial charge in [-0.25, -0.2) is 5.10 Å². The van der Waals surface area contributed by atoms with Crippen LogP contribution in [0.5, 0.6) is 5.75 Å². The molecule has 2 aromatic carbocycles. The topological polar surface area (TPSA) is 55.2 Å². The van der Waals surface area contributed by atoms with E-state index in [1.54, 1.807) is 23.0 Å². The largest absolute Gasteiger partial charge is 0.493 e. The van der Waals surface area contributed by atoms with E-state index in [2.05, 4.69) is 15.3 Å². The minimum atomic E-state index is 0.407. The fourth-order valence-electron chi connectivity index (χ4n) is 2.18. The lowest BCUT2D eigenvalue weighted by Crippen LogP contribution is -1.98. The van der Waals surface area contributed by atoms with E-state index in [4.69, 9.17) is 28.6 Å². The zero-order chi connectivity index (χ0) is 16.9. The number of rotatable bonds is 5. The van der Waals surface area contributed by atoms with Gasteiger partial charge in [-0.05, 0) is 55.5 Å². The highest BCUT2D eigenvalue weighted by molar-refractivity contribution is 7.71. The number of hydrogen-bond acceptors (Lipinski definition) is 4. The molecule has 0 bridgehead atoms. The maximum absolute atomic E-state index is 5.93. The second-order valence-electron chi connectivity index (χ2n) is 4.89. The fourth-order valence-corrected chi connectivity index (χ4v) is 2.48. The average Bonchev–Trinajstić information content (AvgIpc) is 2.96. The van der Waals surface area contributed by atoms with Gasteiger partial charge in [0.1, 0.15) is 5.75 Å². The Hall–Kier alpha value is -2.44. The molecule has 1 heterocycles. The number of hydrogen-bond donors (Lipinski definition) is 1. The minimum Gasteiger partial charge on any atom is -0.493 e. The number of H-pyrrole nitrogens is 1. The second kappa shape index (κ2) is 7.42. The van der Waals surface area contributed by atoms with Crippen molar-refractivity contribution in [3.63, 3.8) is 0 Å². The zero-order valence-electron chi connectivity index (χ0n) is 12.9. The lowest BCUT2D eigenvalue weighted by molar-refractivity contribution is 0.340. The highest BCUT2D eigenvalue weighted by Gasteiger charge is 2.08. The van der Waals surface area contributed by atoms with Crippen molar-refractivity contribution in [2.24, 2.45) is 5.10 Å². The van der Waals surface area contributed by atoms with Crippen molar-refractivity contribution in [2.75, 3.05) is 6.61 Å². The Kier molecular flexibility index (Phi) is 5.08. The molecule has 0 aliphatic heterocycles. The van der Waals surface area contributed by atoms with Crippen molar-refractivity contribution in [3.8, 4) is 17.1 Å². The molecule has 1 N–H and O–H groups in total. The van der Waals surface area contributed by atoms with Crippen molar-refractivity contribution >= 4 is 30.0 Å². The van der Waals surface area contributed by atoms with Crippen LogP contribution in [0.4, 0.5) is 0 Å². The predicted molar refractivity (Wildman–Crippen MR) is 98.5 cm³/mol. The summed E-state index contributed by atoms with van der Waals surface area (Å²) in [5.74, 6) is 1.38. The van der Waals surface area contributed by atoms with E-state index >= 15 is 0 Å². The Morgan fingerprint density at radius 2 is 2.00 bits per heavy atom. The molecule has 5 nitrogen and oxygen atoms in total. The molecule has 3 rings (SSSR count). The van der Waals surface area contributed by atoms with Crippen molar-refractivity contribution < 1.29 is 4.74 Å². The molecule has 0 fully saturated rings. The first-order valence-corrected chi connectivity index (χ1v) is 8.17. The normalized spacial score (nSPS) is 11.1. The number of halogens is 1. The van der Waals surface area contributed by atoms with E-state index in [1.807, 2.05) is 43.3 Å². The van der Waals surface area contributed by atoms with E-state index in [9.17, 15) is 0 Å². The SMILES string of the molecule is CCOc1ccccc1/C=N/n1c(-c2ccc(Cl)cc2)n[nH]c1=S. The summed E-state index contributed by atoms with van der Waals surface area (Å²) in [5.41, 5.74) is 1.73. The third-order valence-corrected chi connectivity index (χ3v) is 3.80. The van der Waals surface area contributed by atoms with Crippen LogP contribution in [0.3, 0.4) is 0 Å². The average molecular weight is 359 g/mol. The van der Waals surface area contributed by atoms with Crippen molar-refractivity contribution in [3.05, 3.63) is 63.9 Å². The lowest BCUT2D eigenvalue weighted by Gasteiger charge is -2.06. The molecule has 0 aliphatic carbocycles. The molecule has 0 saturated heterocycles. The number of para-hydroxylation sites is 1. The van der Waals surface area contributed by atoms with Gasteiger partial charge in [0.2, 0.25) is 4.77 Å². The molecule has 7 heteroatoms. The van der Waals surface area contributed by atoms with Crippen LogP contribution in [-0.4, -0.2) is 27.7 Å². The number of benzene rings is 2. The first-order chi connectivity index (χ1) is 11.7. The maximum Gasteiger partial charge on any atom is 0.216 e. The lowest BCUT2D eigenvalue weighted by atomic mass is 10.2. The Labute approximate surface area is 149 Å². The Balaban J connectivity index is 1.98. The van der Waals surface area contributed by atoms with E-state index in [0.717, 1.165) is 16.9 Å². The molecule has 24 heavy (non-hydrogen) atoms. The van der Waals surface area contributed by atoms with E-state index in [0.29, 0.717) is 22.2 Å². The minimum absolute atomic E-state index is 0.407. The van der Waals surface area contributed by atoms with Crippen LogP contribution < -0.4 is 4.74 Å². The fraction of sp³-hybridized carbons (Fsp3) is 0.118. The van der Waals surface area contributed by atoms with E-state index in [-0.39, 0.29) is 0 Å². The van der Waals surface area contributed by atoms with Crippen LogP contribution in [0.2, 0.25) is 5.02 Å². The van der Waals surface area contributed by atoms with Crippen LogP contribution in [0.1, 0.15) is 12.5 Å². The summed E-state index contributed by atoms with van der Waals surface area (Å²) < 4.78 is 7.58.